The lowest BCUT2D eigenvalue weighted by Gasteiger charge is -2.23. The maximum absolute atomic E-state index is 11.3. The lowest BCUT2D eigenvalue weighted by Crippen LogP contribution is -2.25. The molecule has 0 spiro atoms. The molecule has 74 valence electrons. The minimum absolute atomic E-state index is 0.290. The molecule has 1 atom stereocenters. The molecule has 12 heavy (non-hydrogen) atoms. The van der Waals surface area contributed by atoms with Gasteiger partial charge in [-0.25, -0.2) is 4.67 Å². The molecule has 7 heteroatoms. The molecule has 0 aromatic rings. The Hall–Kier alpha value is 1.02. The Labute approximate surface area is 87.1 Å². The van der Waals surface area contributed by atoms with Gasteiger partial charge in [0, 0.05) is 24.8 Å². The molecule has 1 unspecified atom stereocenters. The molecule has 1 N–H and O–H groups in total. The van der Waals surface area contributed by atoms with Gasteiger partial charge in [0.25, 0.3) is 7.52 Å². The Balaban J connectivity index is 4.17. The monoisotopic (exact) mass is 253 g/mol. The van der Waals surface area contributed by atoms with Crippen molar-refractivity contribution in [2.45, 2.75) is 0 Å². The van der Waals surface area contributed by atoms with Gasteiger partial charge in [0.05, 0.1) is 0 Å². The van der Waals surface area contributed by atoms with Gasteiger partial charge >= 0.3 is 0 Å². The first-order valence-corrected chi connectivity index (χ1v) is 6.73. The van der Waals surface area contributed by atoms with Crippen LogP contribution in [-0.2, 0) is 4.57 Å². The van der Waals surface area contributed by atoms with Crippen molar-refractivity contribution in [2.75, 3.05) is 30.5 Å². The third-order valence-corrected chi connectivity index (χ3v) is 4.15. The minimum Gasteiger partial charge on any atom is -0.332 e. The first-order valence-electron chi connectivity index (χ1n) is 3.33. The van der Waals surface area contributed by atoms with Crippen LogP contribution in [0.25, 0.3) is 0 Å². The summed E-state index contributed by atoms with van der Waals surface area (Å²) < 4.78 is 12.6. The van der Waals surface area contributed by atoms with E-state index in [1.165, 1.54) is 4.67 Å². The van der Waals surface area contributed by atoms with E-state index in [-0.39, 0.29) is 5.62 Å². The van der Waals surface area contributed by atoms with Crippen molar-refractivity contribution in [1.82, 2.24) is 4.67 Å². The van der Waals surface area contributed by atoms with Gasteiger partial charge in [-0.15, -0.1) is 34.8 Å². The zero-order valence-corrected chi connectivity index (χ0v) is 9.58. The molecule has 0 aromatic carbocycles. The predicted octanol–water partition coefficient (Wildman–Crippen LogP) is 2.15. The van der Waals surface area contributed by atoms with Crippen LogP contribution in [0.3, 0.4) is 0 Å². The van der Waals surface area contributed by atoms with Crippen LogP contribution in [-0.4, -0.2) is 40.0 Å². The molecule has 0 fully saturated rings. The third kappa shape index (κ3) is 4.31. The van der Waals surface area contributed by atoms with Gasteiger partial charge in [0.1, 0.15) is 5.62 Å². The summed E-state index contributed by atoms with van der Waals surface area (Å²) in [5.74, 6) is 0.580. The molecule has 0 bridgehead atoms. The maximum Gasteiger partial charge on any atom is 0.284 e. The van der Waals surface area contributed by atoms with Crippen molar-refractivity contribution in [1.29, 1.82) is 0 Å². The fraction of sp³-hybridized carbons (Fsp3) is 1.00. The van der Waals surface area contributed by atoms with Crippen LogP contribution in [0.2, 0.25) is 0 Å². The number of nitrogens with zero attached hydrogens (tertiary/aromatic N) is 1. The molecule has 0 rings (SSSR count). The Morgan fingerprint density at radius 3 is 1.83 bits per heavy atom. The molecule has 0 aliphatic heterocycles. The number of rotatable bonds is 6. The van der Waals surface area contributed by atoms with Gasteiger partial charge in [-0.3, -0.25) is 4.57 Å². The topological polar surface area (TPSA) is 40.5 Å². The Morgan fingerprint density at radius 1 is 1.17 bits per heavy atom. The highest BCUT2D eigenvalue weighted by Gasteiger charge is 2.25. The third-order valence-electron chi connectivity index (χ3n) is 1.28. The molecule has 0 amide bonds. The standard InChI is InChI=1S/C5H11Cl3NO2P/c6-1-3-9(4-2-7)12(10,11)5-8/h1-5H2,(H,10,11). The number of hydrogen-bond donors (Lipinski definition) is 1. The van der Waals surface area contributed by atoms with Crippen molar-refractivity contribution in [3.8, 4) is 0 Å². The van der Waals surface area contributed by atoms with Crippen LogP contribution in [0.1, 0.15) is 0 Å². The fourth-order valence-electron chi connectivity index (χ4n) is 0.695. The SMILES string of the molecule is O=P(O)(CCl)N(CCCl)CCCl. The lowest BCUT2D eigenvalue weighted by molar-refractivity contribution is 0.371. The summed E-state index contributed by atoms with van der Waals surface area (Å²) in [4.78, 5) is 9.28. The normalized spacial score (nSPS) is 16.4. The molecule has 0 saturated carbocycles. The molecular weight excluding hydrogens is 243 g/mol. The van der Waals surface area contributed by atoms with Crippen molar-refractivity contribution in [3.05, 3.63) is 0 Å². The van der Waals surface area contributed by atoms with Gasteiger partial charge in [0.2, 0.25) is 0 Å². The summed E-state index contributed by atoms with van der Waals surface area (Å²) in [6, 6.07) is 0. The highest BCUT2D eigenvalue weighted by Crippen LogP contribution is 2.45. The Morgan fingerprint density at radius 2 is 1.58 bits per heavy atom. The molecule has 0 aliphatic carbocycles. The molecular formula is C5H11Cl3NO2P. The summed E-state index contributed by atoms with van der Waals surface area (Å²) in [7, 11) is -3.39. The number of alkyl halides is 3. The van der Waals surface area contributed by atoms with Crippen molar-refractivity contribution < 1.29 is 9.46 Å². The second-order valence-electron chi connectivity index (χ2n) is 2.12. The average Bonchev–Trinajstić information content (AvgIpc) is 2.04. The van der Waals surface area contributed by atoms with Gasteiger partial charge < -0.3 is 4.89 Å². The van der Waals surface area contributed by atoms with E-state index in [2.05, 4.69) is 0 Å². The molecule has 0 aromatic heterocycles. The molecule has 0 saturated heterocycles. The smallest absolute Gasteiger partial charge is 0.284 e. The van der Waals surface area contributed by atoms with E-state index in [4.69, 9.17) is 34.8 Å². The van der Waals surface area contributed by atoms with E-state index in [1.54, 1.807) is 0 Å². The second-order valence-corrected chi connectivity index (χ2v) is 5.72. The first kappa shape index (κ1) is 13.0. The van der Waals surface area contributed by atoms with E-state index in [0.29, 0.717) is 24.8 Å². The summed E-state index contributed by atoms with van der Waals surface area (Å²) in [6.07, 6.45) is 0. The predicted molar refractivity (Wildman–Crippen MR) is 53.6 cm³/mol. The summed E-state index contributed by atoms with van der Waals surface area (Å²) in [5, 5.41) is 0. The lowest BCUT2D eigenvalue weighted by atomic mass is 10.6. The first-order chi connectivity index (χ1) is 5.58. The van der Waals surface area contributed by atoms with Crippen LogP contribution in [0.15, 0.2) is 0 Å². The summed E-state index contributed by atoms with van der Waals surface area (Å²) in [5.41, 5.74) is -0.291. The van der Waals surface area contributed by atoms with Crippen LogP contribution >= 0.6 is 42.3 Å². The van der Waals surface area contributed by atoms with E-state index < -0.39 is 7.52 Å². The summed E-state index contributed by atoms with van der Waals surface area (Å²) >= 11 is 16.2. The largest absolute Gasteiger partial charge is 0.332 e. The van der Waals surface area contributed by atoms with Gasteiger partial charge in [-0.1, -0.05) is 0 Å². The quantitative estimate of drug-likeness (QED) is 0.583. The Kier molecular flexibility index (Phi) is 7.02. The molecule has 3 nitrogen and oxygen atoms in total. The van der Waals surface area contributed by atoms with Crippen molar-refractivity contribution >= 4 is 42.3 Å². The van der Waals surface area contributed by atoms with Crippen LogP contribution in [0, 0.1) is 0 Å². The van der Waals surface area contributed by atoms with E-state index in [1.807, 2.05) is 0 Å². The minimum atomic E-state index is -3.39. The highest BCUT2D eigenvalue weighted by molar-refractivity contribution is 7.57. The number of hydrogen-bond acceptors (Lipinski definition) is 1. The maximum atomic E-state index is 11.3. The molecule has 0 aliphatic rings. The van der Waals surface area contributed by atoms with Crippen LogP contribution < -0.4 is 0 Å². The molecule has 0 radical (unpaired) electrons. The van der Waals surface area contributed by atoms with Crippen LogP contribution in [0.4, 0.5) is 0 Å². The zero-order chi connectivity index (χ0) is 9.61. The van der Waals surface area contributed by atoms with Crippen molar-refractivity contribution in [3.63, 3.8) is 0 Å². The zero-order valence-electron chi connectivity index (χ0n) is 6.42. The molecule has 0 heterocycles. The van der Waals surface area contributed by atoms with E-state index in [0.717, 1.165) is 0 Å². The van der Waals surface area contributed by atoms with Gasteiger partial charge in [-0.2, -0.15) is 0 Å². The average molecular weight is 254 g/mol. The highest BCUT2D eigenvalue weighted by atomic mass is 35.5. The van der Waals surface area contributed by atoms with Gasteiger partial charge in [-0.05, 0) is 0 Å². The Bertz CT molecular complexity index is 163. The number of halogens is 3. The van der Waals surface area contributed by atoms with Crippen LogP contribution in [0.5, 0.6) is 0 Å². The summed E-state index contributed by atoms with van der Waals surface area (Å²) in [6.45, 7) is 0.656. The van der Waals surface area contributed by atoms with E-state index in [9.17, 15) is 9.46 Å². The second kappa shape index (κ2) is 6.47. The van der Waals surface area contributed by atoms with Gasteiger partial charge in [0.15, 0.2) is 0 Å². The van der Waals surface area contributed by atoms with Crippen molar-refractivity contribution in [2.24, 2.45) is 0 Å². The van der Waals surface area contributed by atoms with E-state index >= 15 is 0 Å². The fourth-order valence-corrected chi connectivity index (χ4v) is 2.77.